The molecule has 0 aromatic heterocycles. The summed E-state index contributed by atoms with van der Waals surface area (Å²) in [5, 5.41) is 5.96. The smallest absolute Gasteiger partial charge is 0.244 e. The number of fused-ring (bicyclic) bond motifs is 5. The first-order valence-corrected chi connectivity index (χ1v) is 14.6. The average molecular weight is 547 g/mol. The van der Waals surface area contributed by atoms with E-state index < -0.39 is 0 Å². The SMILES string of the molecule is COc1ccc(/C=C/C(=O)NCCNC(=O)[C@H]2CC[C@H]3[C@@H]4CCC5=CC(=O)C=C[C@]5(C)[C@H]4CC[C@]23C)cc1OC. The molecule has 0 radical (unpaired) electrons. The lowest BCUT2D eigenvalue weighted by molar-refractivity contribution is -0.131. The van der Waals surface area contributed by atoms with Gasteiger partial charge in [0.25, 0.3) is 0 Å². The molecule has 5 rings (SSSR count). The number of allylic oxidation sites excluding steroid dienone is 4. The van der Waals surface area contributed by atoms with Gasteiger partial charge in [0.2, 0.25) is 11.8 Å². The number of nitrogens with one attached hydrogen (secondary N) is 2. The number of ketones is 1. The number of methoxy groups -OCH3 is 2. The maximum Gasteiger partial charge on any atom is 0.244 e. The van der Waals surface area contributed by atoms with Crippen molar-refractivity contribution in [2.75, 3.05) is 27.3 Å². The van der Waals surface area contributed by atoms with Gasteiger partial charge in [0.1, 0.15) is 0 Å². The van der Waals surface area contributed by atoms with E-state index in [0.29, 0.717) is 42.3 Å². The van der Waals surface area contributed by atoms with Gasteiger partial charge in [0.05, 0.1) is 14.2 Å². The molecular formula is C33H42N2O5. The molecule has 40 heavy (non-hydrogen) atoms. The summed E-state index contributed by atoms with van der Waals surface area (Å²) in [7, 11) is 3.16. The fourth-order valence-electron chi connectivity index (χ4n) is 8.31. The first-order valence-electron chi connectivity index (χ1n) is 14.6. The molecular weight excluding hydrogens is 504 g/mol. The molecule has 3 fully saturated rings. The fourth-order valence-corrected chi connectivity index (χ4v) is 8.31. The Hall–Kier alpha value is -3.35. The van der Waals surface area contributed by atoms with Gasteiger partial charge in [0.15, 0.2) is 17.3 Å². The maximum atomic E-state index is 13.3. The molecule has 0 unspecified atom stereocenters. The van der Waals surface area contributed by atoms with Crippen molar-refractivity contribution in [2.45, 2.75) is 52.4 Å². The molecule has 1 aromatic rings. The van der Waals surface area contributed by atoms with Crippen LogP contribution in [-0.4, -0.2) is 44.9 Å². The predicted octanol–water partition coefficient (Wildman–Crippen LogP) is 4.87. The van der Waals surface area contributed by atoms with E-state index in [1.54, 1.807) is 32.4 Å². The van der Waals surface area contributed by atoms with Gasteiger partial charge in [-0.3, -0.25) is 14.4 Å². The van der Waals surface area contributed by atoms with Crippen LogP contribution in [0.15, 0.2) is 48.1 Å². The molecule has 2 N–H and O–H groups in total. The van der Waals surface area contributed by atoms with Crippen molar-refractivity contribution in [3.63, 3.8) is 0 Å². The second-order valence-electron chi connectivity index (χ2n) is 12.3. The summed E-state index contributed by atoms with van der Waals surface area (Å²) in [5.74, 6) is 2.93. The van der Waals surface area contributed by atoms with Gasteiger partial charge < -0.3 is 20.1 Å². The Labute approximate surface area is 237 Å². The van der Waals surface area contributed by atoms with Gasteiger partial charge in [-0.05, 0) is 97.6 Å². The number of amides is 2. The van der Waals surface area contributed by atoms with Crippen LogP contribution in [0.25, 0.3) is 6.08 Å². The molecule has 0 spiro atoms. The highest BCUT2D eigenvalue weighted by Gasteiger charge is 2.59. The molecule has 4 aliphatic carbocycles. The van der Waals surface area contributed by atoms with Gasteiger partial charge in [-0.2, -0.15) is 0 Å². The first-order chi connectivity index (χ1) is 19.2. The summed E-state index contributed by atoms with van der Waals surface area (Å²) in [6.07, 6.45) is 15.2. The van der Waals surface area contributed by atoms with Crippen LogP contribution >= 0.6 is 0 Å². The van der Waals surface area contributed by atoms with Gasteiger partial charge in [-0.1, -0.05) is 31.6 Å². The van der Waals surface area contributed by atoms with Crippen molar-refractivity contribution < 1.29 is 23.9 Å². The number of rotatable bonds is 8. The average Bonchev–Trinajstić information content (AvgIpc) is 3.31. The Morgan fingerprint density at radius 1 is 1.00 bits per heavy atom. The number of benzene rings is 1. The third kappa shape index (κ3) is 5.11. The van der Waals surface area contributed by atoms with Gasteiger partial charge >= 0.3 is 0 Å². The van der Waals surface area contributed by atoms with Crippen molar-refractivity contribution in [3.8, 4) is 11.5 Å². The summed E-state index contributed by atoms with van der Waals surface area (Å²) in [4.78, 5) is 37.7. The highest BCUT2D eigenvalue weighted by Crippen LogP contribution is 2.65. The van der Waals surface area contributed by atoms with E-state index in [-0.39, 0.29) is 34.3 Å². The van der Waals surface area contributed by atoms with E-state index in [9.17, 15) is 14.4 Å². The van der Waals surface area contributed by atoms with Crippen LogP contribution in [0.1, 0.15) is 57.9 Å². The van der Waals surface area contributed by atoms with Crippen molar-refractivity contribution >= 4 is 23.7 Å². The van der Waals surface area contributed by atoms with Crippen LogP contribution in [0.4, 0.5) is 0 Å². The van der Waals surface area contributed by atoms with Crippen LogP contribution in [0.5, 0.6) is 11.5 Å². The molecule has 214 valence electrons. The third-order valence-electron chi connectivity index (χ3n) is 10.4. The van der Waals surface area contributed by atoms with E-state index in [1.165, 1.54) is 11.6 Å². The molecule has 0 aliphatic heterocycles. The molecule has 0 bridgehead atoms. The van der Waals surface area contributed by atoms with E-state index >= 15 is 0 Å². The summed E-state index contributed by atoms with van der Waals surface area (Å²) in [5.41, 5.74) is 2.11. The fraction of sp³-hybridized carbons (Fsp3) is 0.545. The minimum absolute atomic E-state index is 0.00242. The molecule has 6 atom stereocenters. The Balaban J connectivity index is 1.12. The number of hydrogen-bond acceptors (Lipinski definition) is 5. The number of carbonyl (C=O) groups excluding carboxylic acids is 3. The molecule has 0 saturated heterocycles. The number of hydrogen-bond donors (Lipinski definition) is 2. The van der Waals surface area contributed by atoms with Crippen LogP contribution in [0.2, 0.25) is 0 Å². The van der Waals surface area contributed by atoms with Crippen molar-refractivity contribution in [3.05, 3.63) is 53.6 Å². The summed E-state index contributed by atoms with van der Waals surface area (Å²) in [6.45, 7) is 5.43. The summed E-state index contributed by atoms with van der Waals surface area (Å²) >= 11 is 0. The zero-order valence-electron chi connectivity index (χ0n) is 24.1. The van der Waals surface area contributed by atoms with Gasteiger partial charge in [0, 0.05) is 30.5 Å². The molecule has 1 aromatic carbocycles. The van der Waals surface area contributed by atoms with Crippen molar-refractivity contribution in [1.82, 2.24) is 10.6 Å². The Morgan fingerprint density at radius 3 is 2.55 bits per heavy atom. The van der Waals surface area contributed by atoms with Gasteiger partial charge in [-0.25, -0.2) is 0 Å². The Morgan fingerprint density at radius 2 is 1.77 bits per heavy atom. The Bertz CT molecular complexity index is 1270. The minimum Gasteiger partial charge on any atom is -0.493 e. The largest absolute Gasteiger partial charge is 0.493 e. The van der Waals surface area contributed by atoms with Crippen LogP contribution in [-0.2, 0) is 14.4 Å². The maximum absolute atomic E-state index is 13.3. The molecule has 4 aliphatic rings. The Kier molecular flexibility index (Phi) is 7.94. The molecule has 7 nitrogen and oxygen atoms in total. The lowest BCUT2D eigenvalue weighted by atomic mass is 9.48. The molecule has 3 saturated carbocycles. The van der Waals surface area contributed by atoms with Crippen LogP contribution in [0.3, 0.4) is 0 Å². The lowest BCUT2D eigenvalue weighted by Crippen LogP contribution is -2.51. The van der Waals surface area contributed by atoms with E-state index in [2.05, 4.69) is 30.6 Å². The number of ether oxygens (including phenoxy) is 2. The lowest BCUT2D eigenvalue weighted by Gasteiger charge is -2.56. The predicted molar refractivity (Wildman–Crippen MR) is 155 cm³/mol. The molecule has 0 heterocycles. The third-order valence-corrected chi connectivity index (χ3v) is 10.4. The van der Waals surface area contributed by atoms with Gasteiger partial charge in [-0.15, -0.1) is 0 Å². The zero-order valence-corrected chi connectivity index (χ0v) is 24.1. The molecule has 2 amide bonds. The van der Waals surface area contributed by atoms with E-state index in [0.717, 1.165) is 44.1 Å². The van der Waals surface area contributed by atoms with E-state index in [1.807, 2.05) is 18.2 Å². The zero-order chi connectivity index (χ0) is 28.5. The topological polar surface area (TPSA) is 93.7 Å². The second-order valence-corrected chi connectivity index (χ2v) is 12.3. The minimum atomic E-state index is -0.215. The summed E-state index contributed by atoms with van der Waals surface area (Å²) < 4.78 is 10.6. The monoisotopic (exact) mass is 546 g/mol. The van der Waals surface area contributed by atoms with Crippen LogP contribution in [0, 0.1) is 34.5 Å². The standard InChI is InChI=1S/C33H42N2O5/c1-32-15-13-23(36)20-22(32)7-8-24-25-9-10-27(33(25,2)16-14-26(24)32)31(38)35-18-17-34-30(37)12-6-21-5-11-28(39-3)29(19-21)40-4/h5-6,11-13,15,19-20,24-27H,7-10,14,16-18H2,1-4H3,(H,34,37)(H,35,38)/b12-6+/t24-,25-,26-,27+,32-,33-/m0/s1. The van der Waals surface area contributed by atoms with Crippen molar-refractivity contribution in [1.29, 1.82) is 0 Å². The normalized spacial score (nSPS) is 32.5. The van der Waals surface area contributed by atoms with E-state index in [4.69, 9.17) is 9.47 Å². The van der Waals surface area contributed by atoms with Crippen LogP contribution < -0.4 is 20.1 Å². The first kappa shape index (κ1) is 28.2. The highest BCUT2D eigenvalue weighted by atomic mass is 16.5. The molecule has 7 heteroatoms. The van der Waals surface area contributed by atoms with Crippen molar-refractivity contribution in [2.24, 2.45) is 34.5 Å². The number of carbonyl (C=O) groups is 3. The quantitative estimate of drug-likeness (QED) is 0.358. The summed E-state index contributed by atoms with van der Waals surface area (Å²) in [6, 6.07) is 5.46. The highest BCUT2D eigenvalue weighted by molar-refractivity contribution is 6.01. The second kappa shape index (κ2) is 11.3.